The van der Waals surface area contributed by atoms with Gasteiger partial charge in [0, 0.05) is 23.2 Å². The van der Waals surface area contributed by atoms with E-state index in [9.17, 15) is 0 Å². The average molecular weight is 486 g/mol. The second kappa shape index (κ2) is 11.4. The van der Waals surface area contributed by atoms with Gasteiger partial charge in [-0.15, -0.1) is 34.5 Å². The van der Waals surface area contributed by atoms with Crippen molar-refractivity contribution in [1.29, 1.82) is 0 Å². The molecule has 2 aromatic carbocycles. The molecule has 5 heteroatoms. The van der Waals surface area contributed by atoms with Crippen LogP contribution in [0.4, 0.5) is 0 Å². The summed E-state index contributed by atoms with van der Waals surface area (Å²) in [5, 5.41) is 2.55. The van der Waals surface area contributed by atoms with Crippen molar-refractivity contribution in [3.8, 4) is 11.3 Å². The molecule has 5 rings (SSSR count). The Kier molecular flexibility index (Phi) is 9.89. The van der Waals surface area contributed by atoms with Crippen molar-refractivity contribution in [3.63, 3.8) is 0 Å². The first-order chi connectivity index (χ1) is 12.3. The molecule has 0 saturated heterocycles. The molecule has 0 saturated carbocycles. The summed E-state index contributed by atoms with van der Waals surface area (Å²) in [5.74, 6) is 0. The molecular formula is C23H19Cl2N2Zr. The van der Waals surface area contributed by atoms with Gasteiger partial charge in [-0.1, -0.05) is 49.4 Å². The number of aliphatic imine (C=N–C) groups is 1. The molecular weight excluding hydrogens is 466 g/mol. The number of benzene rings is 1. The molecule has 2 heterocycles. The molecule has 1 aliphatic carbocycles. The van der Waals surface area contributed by atoms with Crippen LogP contribution in [-0.4, -0.2) is 10.7 Å². The van der Waals surface area contributed by atoms with E-state index in [4.69, 9.17) is 0 Å². The molecule has 139 valence electrons. The fourth-order valence-corrected chi connectivity index (χ4v) is 3.03. The van der Waals surface area contributed by atoms with Crippen LogP contribution >= 0.6 is 0 Å². The summed E-state index contributed by atoms with van der Waals surface area (Å²) in [6.45, 7) is 2.13. The van der Waals surface area contributed by atoms with Gasteiger partial charge in [-0.2, -0.15) is 0 Å². The molecule has 0 atom stereocenters. The molecule has 3 aromatic rings. The van der Waals surface area contributed by atoms with Gasteiger partial charge in [0.1, 0.15) is 0 Å². The smallest absolute Gasteiger partial charge is 1.00 e. The van der Waals surface area contributed by atoms with Crippen LogP contribution in [0.5, 0.6) is 0 Å². The molecule has 2 nitrogen and oxygen atoms in total. The zero-order valence-electron chi connectivity index (χ0n) is 15.4. The van der Waals surface area contributed by atoms with Crippen molar-refractivity contribution in [2.75, 3.05) is 0 Å². The van der Waals surface area contributed by atoms with Crippen LogP contribution in [0.15, 0.2) is 101 Å². The molecule has 1 aliphatic heterocycles. The van der Waals surface area contributed by atoms with Crippen LogP contribution in [0.2, 0.25) is 0 Å². The van der Waals surface area contributed by atoms with Gasteiger partial charge in [-0.25, -0.2) is 0 Å². The number of allylic oxidation sites excluding steroid dienone is 4. The summed E-state index contributed by atoms with van der Waals surface area (Å²) in [5.41, 5.74) is 5.84. The maximum atomic E-state index is 4.39. The first kappa shape index (κ1) is 24.4. The Morgan fingerprint density at radius 1 is 1.00 bits per heavy atom. The number of aromatic nitrogens is 1. The predicted molar refractivity (Wildman–Crippen MR) is 106 cm³/mol. The van der Waals surface area contributed by atoms with Crippen LogP contribution in [-0.2, 0) is 26.2 Å². The van der Waals surface area contributed by atoms with E-state index in [0.29, 0.717) is 0 Å². The number of fused-ring (bicyclic) bond motifs is 2. The Bertz CT molecular complexity index is 998. The summed E-state index contributed by atoms with van der Waals surface area (Å²) >= 11 is 0. The third-order valence-corrected chi connectivity index (χ3v) is 4.35. The third-order valence-electron chi connectivity index (χ3n) is 4.35. The van der Waals surface area contributed by atoms with E-state index in [2.05, 4.69) is 71.5 Å². The predicted octanol–water partition coefficient (Wildman–Crippen LogP) is -0.143. The largest absolute Gasteiger partial charge is 3.00 e. The Morgan fingerprint density at radius 2 is 1.79 bits per heavy atom. The van der Waals surface area contributed by atoms with Crippen molar-refractivity contribution in [2.45, 2.75) is 13.3 Å². The molecule has 28 heavy (non-hydrogen) atoms. The van der Waals surface area contributed by atoms with Gasteiger partial charge >= 0.3 is 26.2 Å². The van der Waals surface area contributed by atoms with E-state index in [1.807, 2.05) is 30.5 Å². The Labute approximate surface area is 197 Å². The molecule has 0 bridgehead atoms. The van der Waals surface area contributed by atoms with Crippen molar-refractivity contribution in [3.05, 3.63) is 96.4 Å². The maximum Gasteiger partial charge on any atom is 3.00 e. The molecule has 0 unspecified atom stereocenters. The van der Waals surface area contributed by atoms with Crippen LogP contribution in [0.25, 0.3) is 22.0 Å². The number of nitrogens with zero attached hydrogens (tertiary/aromatic N) is 2. The van der Waals surface area contributed by atoms with Gasteiger partial charge in [0.05, 0.1) is 5.70 Å². The van der Waals surface area contributed by atoms with Gasteiger partial charge < -0.3 is 24.8 Å². The molecule has 0 amide bonds. The van der Waals surface area contributed by atoms with Crippen LogP contribution in [0, 0.1) is 0 Å². The number of hydrogen-bond acceptors (Lipinski definition) is 2. The van der Waals surface area contributed by atoms with E-state index in [0.717, 1.165) is 17.8 Å². The second-order valence-electron chi connectivity index (χ2n) is 6.06. The molecule has 2 aliphatic rings. The molecule has 0 fully saturated rings. The van der Waals surface area contributed by atoms with E-state index in [-0.39, 0.29) is 51.0 Å². The molecule has 0 N–H and O–H groups in total. The normalized spacial score (nSPS) is 13.0. The summed E-state index contributed by atoms with van der Waals surface area (Å²) in [4.78, 5) is 8.74. The minimum atomic E-state index is 0. The van der Waals surface area contributed by atoms with Crippen molar-refractivity contribution < 1.29 is 51.0 Å². The Hall–Kier alpha value is -1.67. The summed E-state index contributed by atoms with van der Waals surface area (Å²) < 4.78 is 0. The van der Waals surface area contributed by atoms with Crippen molar-refractivity contribution in [1.82, 2.24) is 4.98 Å². The minimum absolute atomic E-state index is 0. The topological polar surface area (TPSA) is 25.2 Å². The first-order valence-electron chi connectivity index (χ1n) is 8.58. The number of rotatable bonds is 2. The molecule has 0 spiro atoms. The number of pyridine rings is 1. The van der Waals surface area contributed by atoms with Gasteiger partial charge in [0.15, 0.2) is 0 Å². The quantitative estimate of drug-likeness (QED) is 0.464. The third kappa shape index (κ3) is 5.44. The average Bonchev–Trinajstić information content (AvgIpc) is 3.36. The van der Waals surface area contributed by atoms with Gasteiger partial charge in [0.25, 0.3) is 0 Å². The Balaban J connectivity index is 0.000000269. The van der Waals surface area contributed by atoms with Crippen LogP contribution in [0.3, 0.4) is 0 Å². The fraction of sp³-hybridized carbons (Fsp3) is 0.0870. The number of hydrogen-bond donors (Lipinski definition) is 0. The minimum Gasteiger partial charge on any atom is -1.00 e. The van der Waals surface area contributed by atoms with Gasteiger partial charge in [-0.3, -0.25) is 9.98 Å². The zero-order chi connectivity index (χ0) is 17.1. The van der Waals surface area contributed by atoms with Gasteiger partial charge in [0.2, 0.25) is 0 Å². The molecule has 1 aromatic heterocycles. The summed E-state index contributed by atoms with van der Waals surface area (Å²) in [6.07, 6.45) is 11.2. The SMILES string of the molecule is CCC1=NC2=CC=CC2=C1.[Cl-].[Cl-].[Zr+3].c1ccc(-c2cc3ccccc3[cH-]2)nc1. The fourth-order valence-electron chi connectivity index (χ4n) is 3.03. The first-order valence-corrected chi connectivity index (χ1v) is 8.58. The van der Waals surface area contributed by atoms with E-state index in [1.165, 1.54) is 27.6 Å². The van der Waals surface area contributed by atoms with E-state index < -0.39 is 0 Å². The maximum absolute atomic E-state index is 4.39. The van der Waals surface area contributed by atoms with Crippen LogP contribution in [0.1, 0.15) is 13.3 Å². The summed E-state index contributed by atoms with van der Waals surface area (Å²) in [6, 6.07) is 18.7. The van der Waals surface area contributed by atoms with Gasteiger partial charge in [-0.05, 0) is 24.6 Å². The van der Waals surface area contributed by atoms with E-state index in [1.54, 1.807) is 0 Å². The number of halogens is 2. The standard InChI is InChI=1S/C14H10N.C9H9N.2ClH.Zr/c1-2-6-12-10-13(9-11(12)5-1)14-7-3-4-8-15-14;1-2-8-6-7-4-3-5-9(7)10-8;;;/h1-10H;3-6H,2H2,1H3;2*1H;/q-1;;;;+3/p-2. The monoisotopic (exact) mass is 483 g/mol. The second-order valence-corrected chi connectivity index (χ2v) is 6.06. The molecule has 1 radical (unpaired) electrons. The van der Waals surface area contributed by atoms with Crippen molar-refractivity contribution in [2.24, 2.45) is 4.99 Å². The van der Waals surface area contributed by atoms with Crippen molar-refractivity contribution >= 4 is 16.5 Å². The Morgan fingerprint density at radius 3 is 2.46 bits per heavy atom. The summed E-state index contributed by atoms with van der Waals surface area (Å²) in [7, 11) is 0. The van der Waals surface area contributed by atoms with E-state index >= 15 is 0 Å². The van der Waals surface area contributed by atoms with Crippen LogP contribution < -0.4 is 24.8 Å². The zero-order valence-corrected chi connectivity index (χ0v) is 19.4.